The Labute approximate surface area is 195 Å². The Morgan fingerprint density at radius 3 is 1.69 bits per heavy atom. The number of esters is 1. The number of benzene rings is 2. The van der Waals surface area contributed by atoms with Gasteiger partial charge in [0.05, 0.1) is 51.0 Å². The topological polar surface area (TPSA) is 106 Å². The van der Waals surface area contributed by atoms with Gasteiger partial charge in [0.15, 0.2) is 0 Å². The highest BCUT2D eigenvalue weighted by Crippen LogP contribution is 2.29. The van der Waals surface area contributed by atoms with Crippen molar-refractivity contribution in [3.05, 3.63) is 63.5 Å². The van der Waals surface area contributed by atoms with Crippen LogP contribution in [0.15, 0.2) is 24.3 Å². The Balaban J connectivity index is 1.48. The molecule has 0 aliphatic rings. The van der Waals surface area contributed by atoms with Crippen LogP contribution in [0.3, 0.4) is 0 Å². The minimum absolute atomic E-state index is 0.0428. The van der Waals surface area contributed by atoms with Gasteiger partial charge in [-0.2, -0.15) is 8.78 Å². The molecule has 0 spiro atoms. The van der Waals surface area contributed by atoms with Crippen molar-refractivity contribution in [1.29, 1.82) is 0 Å². The zero-order chi connectivity index (χ0) is 25.8. The van der Waals surface area contributed by atoms with Gasteiger partial charge in [-0.05, 0) is 12.1 Å². The number of hydrogen-bond donors (Lipinski definition) is 0. The van der Waals surface area contributed by atoms with E-state index in [9.17, 15) is 36.9 Å². The Bertz CT molecular complexity index is 977. The number of nitro benzene ring substituents is 1. The molecule has 0 atom stereocenters. The molecule has 0 aromatic heterocycles. The summed E-state index contributed by atoms with van der Waals surface area (Å²) in [5, 5.41) is 10.6. The highest BCUT2D eigenvalue weighted by molar-refractivity contribution is 5.72. The lowest BCUT2D eigenvalue weighted by molar-refractivity contribution is -0.384. The summed E-state index contributed by atoms with van der Waals surface area (Å²) < 4.78 is 91.2. The standard InChI is InChI=1S/C21H20F5NO8/c22-16-17(23)19(25)21(20(26)18(16)24)35-15(28)5-6-31-7-8-32-9-10-33-11-12-34-14-3-1-13(2-4-14)27(29)30/h1-4H,5-12H2. The van der Waals surface area contributed by atoms with Gasteiger partial charge in [0.25, 0.3) is 5.69 Å². The summed E-state index contributed by atoms with van der Waals surface area (Å²) in [6.45, 7) is 0.896. The normalized spacial score (nSPS) is 10.9. The summed E-state index contributed by atoms with van der Waals surface area (Å²) in [5.41, 5.74) is -0.0428. The first-order valence-electron chi connectivity index (χ1n) is 10.0. The molecule has 0 aliphatic heterocycles. The lowest BCUT2D eigenvalue weighted by atomic mass is 10.2. The molecule has 0 bridgehead atoms. The van der Waals surface area contributed by atoms with Crippen molar-refractivity contribution in [2.24, 2.45) is 0 Å². The van der Waals surface area contributed by atoms with Crippen LogP contribution >= 0.6 is 0 Å². The van der Waals surface area contributed by atoms with E-state index in [1.807, 2.05) is 0 Å². The molecule has 0 aliphatic carbocycles. The number of nitrogens with zero attached hydrogens (tertiary/aromatic N) is 1. The minimum atomic E-state index is -2.36. The molecule has 0 radical (unpaired) electrons. The quantitative estimate of drug-likeness (QED) is 0.0523. The third kappa shape index (κ3) is 8.73. The molecule has 0 heterocycles. The summed E-state index contributed by atoms with van der Waals surface area (Å²) >= 11 is 0. The number of non-ortho nitro benzene ring substituents is 1. The molecule has 2 aromatic rings. The molecule has 0 fully saturated rings. The molecule has 35 heavy (non-hydrogen) atoms. The van der Waals surface area contributed by atoms with Crippen LogP contribution in [0.25, 0.3) is 0 Å². The van der Waals surface area contributed by atoms with E-state index in [-0.39, 0.29) is 51.9 Å². The SMILES string of the molecule is O=C(CCOCCOCCOCCOc1ccc([N+](=O)[O-])cc1)Oc1c(F)c(F)c(F)c(F)c1F. The minimum Gasteiger partial charge on any atom is -0.491 e. The van der Waals surface area contributed by atoms with Crippen molar-refractivity contribution in [1.82, 2.24) is 0 Å². The lowest BCUT2D eigenvalue weighted by Gasteiger charge is -2.09. The second-order valence-electron chi connectivity index (χ2n) is 6.56. The molecule has 0 saturated carbocycles. The molecule has 0 N–H and O–H groups in total. The summed E-state index contributed by atoms with van der Waals surface area (Å²) in [6.07, 6.45) is -0.503. The maximum absolute atomic E-state index is 13.5. The summed E-state index contributed by atoms with van der Waals surface area (Å²) in [5.74, 6) is -13.8. The van der Waals surface area contributed by atoms with Crippen LogP contribution in [0.2, 0.25) is 0 Å². The Kier molecular flexibility index (Phi) is 11.3. The number of carbonyl (C=O) groups excluding carboxylic acids is 1. The van der Waals surface area contributed by atoms with Crippen LogP contribution in [0.4, 0.5) is 27.6 Å². The molecule has 0 unspecified atom stereocenters. The van der Waals surface area contributed by atoms with E-state index < -0.39 is 52.1 Å². The maximum atomic E-state index is 13.5. The second-order valence-corrected chi connectivity index (χ2v) is 6.56. The lowest BCUT2D eigenvalue weighted by Crippen LogP contribution is -2.16. The van der Waals surface area contributed by atoms with Crippen molar-refractivity contribution >= 4 is 11.7 Å². The number of hydrogen-bond acceptors (Lipinski definition) is 8. The predicted molar refractivity (Wildman–Crippen MR) is 108 cm³/mol. The highest BCUT2D eigenvalue weighted by Gasteiger charge is 2.28. The first kappa shape index (κ1) is 27.9. The number of ether oxygens (including phenoxy) is 5. The zero-order valence-electron chi connectivity index (χ0n) is 18.1. The van der Waals surface area contributed by atoms with Gasteiger partial charge in [0.2, 0.25) is 34.8 Å². The van der Waals surface area contributed by atoms with Gasteiger partial charge >= 0.3 is 5.97 Å². The molecule has 0 saturated heterocycles. The Morgan fingerprint density at radius 2 is 1.17 bits per heavy atom. The molecule has 2 aromatic carbocycles. The third-order valence-corrected chi connectivity index (χ3v) is 4.12. The van der Waals surface area contributed by atoms with Crippen molar-refractivity contribution in [2.75, 3.05) is 46.2 Å². The van der Waals surface area contributed by atoms with E-state index in [4.69, 9.17) is 18.9 Å². The molecular formula is C21H20F5NO8. The van der Waals surface area contributed by atoms with Gasteiger partial charge in [0.1, 0.15) is 12.4 Å². The van der Waals surface area contributed by atoms with Gasteiger partial charge in [-0.3, -0.25) is 14.9 Å². The van der Waals surface area contributed by atoms with Gasteiger partial charge in [-0.25, -0.2) is 13.2 Å². The molecule has 2 rings (SSSR count). The first-order valence-corrected chi connectivity index (χ1v) is 10.0. The number of carbonyl (C=O) groups is 1. The smallest absolute Gasteiger partial charge is 0.313 e. The van der Waals surface area contributed by atoms with Crippen molar-refractivity contribution in [3.8, 4) is 11.5 Å². The molecule has 14 heteroatoms. The fourth-order valence-electron chi connectivity index (χ4n) is 2.42. The van der Waals surface area contributed by atoms with E-state index in [0.29, 0.717) is 5.75 Å². The zero-order valence-corrected chi connectivity index (χ0v) is 18.1. The second kappa shape index (κ2) is 14.1. The van der Waals surface area contributed by atoms with E-state index in [2.05, 4.69) is 4.74 Å². The third-order valence-electron chi connectivity index (χ3n) is 4.12. The number of nitro groups is 1. The van der Waals surface area contributed by atoms with Gasteiger partial charge in [-0.15, -0.1) is 0 Å². The predicted octanol–water partition coefficient (Wildman–Crippen LogP) is 3.71. The monoisotopic (exact) mass is 509 g/mol. The van der Waals surface area contributed by atoms with Crippen molar-refractivity contribution < 1.29 is 55.4 Å². The van der Waals surface area contributed by atoms with Crippen LogP contribution in [0.1, 0.15) is 6.42 Å². The molecular weight excluding hydrogens is 489 g/mol. The van der Waals surface area contributed by atoms with E-state index in [1.54, 1.807) is 0 Å². The van der Waals surface area contributed by atoms with E-state index in [1.165, 1.54) is 24.3 Å². The van der Waals surface area contributed by atoms with Gasteiger partial charge in [0, 0.05) is 12.1 Å². The maximum Gasteiger partial charge on any atom is 0.313 e. The summed E-state index contributed by atoms with van der Waals surface area (Å²) in [7, 11) is 0. The number of halogens is 5. The van der Waals surface area contributed by atoms with E-state index >= 15 is 0 Å². The van der Waals surface area contributed by atoms with E-state index in [0.717, 1.165) is 0 Å². The van der Waals surface area contributed by atoms with Crippen LogP contribution in [-0.4, -0.2) is 57.1 Å². The first-order chi connectivity index (χ1) is 16.7. The fourth-order valence-corrected chi connectivity index (χ4v) is 2.42. The summed E-state index contributed by atoms with van der Waals surface area (Å²) in [6, 6.07) is 5.59. The molecule has 9 nitrogen and oxygen atoms in total. The summed E-state index contributed by atoms with van der Waals surface area (Å²) in [4.78, 5) is 21.6. The van der Waals surface area contributed by atoms with Crippen LogP contribution in [0, 0.1) is 39.2 Å². The molecule has 192 valence electrons. The van der Waals surface area contributed by atoms with Crippen LogP contribution in [0.5, 0.6) is 11.5 Å². The van der Waals surface area contributed by atoms with Gasteiger partial charge in [-0.1, -0.05) is 0 Å². The van der Waals surface area contributed by atoms with Crippen molar-refractivity contribution in [2.45, 2.75) is 6.42 Å². The highest BCUT2D eigenvalue weighted by atomic mass is 19.2. The largest absolute Gasteiger partial charge is 0.491 e. The molecule has 0 amide bonds. The van der Waals surface area contributed by atoms with Crippen LogP contribution < -0.4 is 9.47 Å². The average Bonchev–Trinajstić information content (AvgIpc) is 2.85. The van der Waals surface area contributed by atoms with Gasteiger partial charge < -0.3 is 23.7 Å². The fraction of sp³-hybridized carbons (Fsp3) is 0.381. The van der Waals surface area contributed by atoms with Crippen molar-refractivity contribution in [3.63, 3.8) is 0 Å². The van der Waals surface area contributed by atoms with Crippen LogP contribution in [-0.2, 0) is 19.0 Å². The Morgan fingerprint density at radius 1 is 0.714 bits per heavy atom. The Hall–Kier alpha value is -3.36. The number of rotatable bonds is 15. The average molecular weight is 509 g/mol.